The first kappa shape index (κ1) is 19.1. The van der Waals surface area contributed by atoms with Gasteiger partial charge in [0, 0.05) is 16.1 Å². The number of carbonyl (C=O) groups is 1. The van der Waals surface area contributed by atoms with Gasteiger partial charge in [-0.1, -0.05) is 29.8 Å². The Labute approximate surface area is 173 Å². The van der Waals surface area contributed by atoms with E-state index in [2.05, 4.69) is 53.4 Å². The van der Waals surface area contributed by atoms with Crippen molar-refractivity contribution in [2.45, 2.75) is 20.8 Å². The average Bonchev–Trinajstić information content (AvgIpc) is 3.06. The number of hydrogen-bond acceptors (Lipinski definition) is 6. The molecule has 2 heterocycles. The fraction of sp³-hybridized carbons (Fsp3) is 0.174. The van der Waals surface area contributed by atoms with Crippen LogP contribution in [0.4, 0.5) is 11.5 Å². The summed E-state index contributed by atoms with van der Waals surface area (Å²) in [6.07, 6.45) is 1.58. The largest absolute Gasteiger partial charge is 0.462 e. The van der Waals surface area contributed by atoms with Gasteiger partial charge in [0.1, 0.15) is 17.0 Å². The van der Waals surface area contributed by atoms with E-state index in [0.29, 0.717) is 12.2 Å². The molecule has 0 saturated carbocycles. The van der Waals surface area contributed by atoms with Gasteiger partial charge in [-0.15, -0.1) is 11.3 Å². The molecule has 0 amide bonds. The molecule has 29 heavy (non-hydrogen) atoms. The Bertz CT molecular complexity index is 1170. The van der Waals surface area contributed by atoms with Crippen molar-refractivity contribution in [1.29, 1.82) is 0 Å². The van der Waals surface area contributed by atoms with Crippen molar-refractivity contribution in [3.63, 3.8) is 0 Å². The Hall–Kier alpha value is -3.25. The standard InChI is InChI=1S/C23H21N3O2S/c1-4-28-23(27)17-9-11-18(12-10-17)26-21-20-19(16-7-5-14(2)6-8-16)15(3)29-22(20)25-13-24-21/h5-13H,4H2,1-3H3,(H,24,25,26). The summed E-state index contributed by atoms with van der Waals surface area (Å²) in [6, 6.07) is 15.7. The van der Waals surface area contributed by atoms with Crippen LogP contribution in [-0.4, -0.2) is 22.5 Å². The minimum atomic E-state index is -0.321. The van der Waals surface area contributed by atoms with Crippen LogP contribution in [0, 0.1) is 13.8 Å². The number of benzene rings is 2. The number of aryl methyl sites for hydroxylation is 2. The van der Waals surface area contributed by atoms with Crippen LogP contribution in [0.3, 0.4) is 0 Å². The molecule has 0 spiro atoms. The molecule has 0 aliphatic carbocycles. The van der Waals surface area contributed by atoms with Gasteiger partial charge < -0.3 is 10.1 Å². The zero-order chi connectivity index (χ0) is 20.4. The summed E-state index contributed by atoms with van der Waals surface area (Å²) in [5, 5.41) is 4.39. The number of esters is 1. The first-order valence-electron chi connectivity index (χ1n) is 9.42. The molecule has 0 aliphatic rings. The van der Waals surface area contributed by atoms with E-state index in [1.54, 1.807) is 36.7 Å². The normalized spacial score (nSPS) is 10.9. The van der Waals surface area contributed by atoms with Gasteiger partial charge in [-0.2, -0.15) is 0 Å². The average molecular weight is 404 g/mol. The summed E-state index contributed by atoms with van der Waals surface area (Å²) in [4.78, 5) is 23.0. The van der Waals surface area contributed by atoms with Crippen molar-refractivity contribution in [1.82, 2.24) is 9.97 Å². The number of ether oxygens (including phenoxy) is 1. The number of nitrogens with one attached hydrogen (secondary N) is 1. The minimum absolute atomic E-state index is 0.321. The molecule has 0 bridgehead atoms. The van der Waals surface area contributed by atoms with E-state index in [1.807, 2.05) is 12.1 Å². The van der Waals surface area contributed by atoms with Gasteiger partial charge in [-0.05, 0) is 50.6 Å². The van der Waals surface area contributed by atoms with Gasteiger partial charge >= 0.3 is 5.97 Å². The number of aromatic nitrogens is 2. The molecule has 6 heteroatoms. The molecule has 0 unspecified atom stereocenters. The Morgan fingerprint density at radius 2 is 1.76 bits per heavy atom. The van der Waals surface area contributed by atoms with E-state index in [1.165, 1.54) is 10.4 Å². The van der Waals surface area contributed by atoms with Gasteiger partial charge in [0.25, 0.3) is 0 Å². The van der Waals surface area contributed by atoms with E-state index < -0.39 is 0 Å². The molecule has 4 aromatic rings. The van der Waals surface area contributed by atoms with Crippen LogP contribution < -0.4 is 5.32 Å². The Balaban J connectivity index is 1.73. The summed E-state index contributed by atoms with van der Waals surface area (Å²) >= 11 is 1.66. The predicted octanol–water partition coefficient (Wildman–Crippen LogP) is 5.90. The molecule has 0 atom stereocenters. The molecule has 2 aromatic heterocycles. The van der Waals surface area contributed by atoms with Gasteiger partial charge in [0.15, 0.2) is 0 Å². The summed E-state index contributed by atoms with van der Waals surface area (Å²) in [7, 11) is 0. The number of carbonyl (C=O) groups excluding carboxylic acids is 1. The molecule has 2 aromatic carbocycles. The number of nitrogens with zero attached hydrogens (tertiary/aromatic N) is 2. The molecule has 0 radical (unpaired) electrons. The van der Waals surface area contributed by atoms with Gasteiger partial charge in [-0.25, -0.2) is 14.8 Å². The number of anilines is 2. The number of rotatable bonds is 5. The lowest BCUT2D eigenvalue weighted by molar-refractivity contribution is 0.0526. The molecule has 0 saturated heterocycles. The van der Waals surface area contributed by atoms with Crippen LogP contribution in [0.25, 0.3) is 21.3 Å². The predicted molar refractivity (Wildman–Crippen MR) is 118 cm³/mol. The number of hydrogen-bond donors (Lipinski definition) is 1. The topological polar surface area (TPSA) is 64.1 Å². The third kappa shape index (κ3) is 3.84. The highest BCUT2D eigenvalue weighted by Gasteiger charge is 2.17. The second-order valence-corrected chi connectivity index (χ2v) is 7.93. The monoisotopic (exact) mass is 403 g/mol. The van der Waals surface area contributed by atoms with Crippen molar-refractivity contribution in [3.05, 3.63) is 70.9 Å². The highest BCUT2D eigenvalue weighted by Crippen LogP contribution is 2.41. The lowest BCUT2D eigenvalue weighted by Crippen LogP contribution is -2.04. The van der Waals surface area contributed by atoms with E-state index in [0.717, 1.165) is 32.8 Å². The molecule has 5 nitrogen and oxygen atoms in total. The molecule has 146 valence electrons. The second kappa shape index (κ2) is 8.01. The lowest BCUT2D eigenvalue weighted by Gasteiger charge is -2.10. The SMILES string of the molecule is CCOC(=O)c1ccc(Nc2ncnc3sc(C)c(-c4ccc(C)cc4)c23)cc1. The van der Waals surface area contributed by atoms with E-state index in [9.17, 15) is 4.79 Å². The van der Waals surface area contributed by atoms with Gasteiger partial charge in [-0.3, -0.25) is 0 Å². The quantitative estimate of drug-likeness (QED) is 0.421. The van der Waals surface area contributed by atoms with Crippen LogP contribution in [0.5, 0.6) is 0 Å². The Morgan fingerprint density at radius 3 is 2.45 bits per heavy atom. The highest BCUT2D eigenvalue weighted by atomic mass is 32.1. The van der Waals surface area contributed by atoms with E-state index in [4.69, 9.17) is 4.74 Å². The van der Waals surface area contributed by atoms with Gasteiger partial charge in [0.2, 0.25) is 0 Å². The number of thiophene rings is 1. The summed E-state index contributed by atoms with van der Waals surface area (Å²) in [6.45, 7) is 6.34. The molecular weight excluding hydrogens is 382 g/mol. The first-order valence-corrected chi connectivity index (χ1v) is 10.2. The zero-order valence-corrected chi connectivity index (χ0v) is 17.3. The maximum Gasteiger partial charge on any atom is 0.338 e. The molecule has 0 fully saturated rings. The molecular formula is C23H21N3O2S. The van der Waals surface area contributed by atoms with Gasteiger partial charge in [0.05, 0.1) is 17.6 Å². The Morgan fingerprint density at radius 1 is 1.03 bits per heavy atom. The van der Waals surface area contributed by atoms with Crippen molar-refractivity contribution in [2.24, 2.45) is 0 Å². The van der Waals surface area contributed by atoms with E-state index in [-0.39, 0.29) is 5.97 Å². The maximum atomic E-state index is 11.9. The lowest BCUT2D eigenvalue weighted by atomic mass is 10.0. The summed E-state index contributed by atoms with van der Waals surface area (Å²) < 4.78 is 5.04. The van der Waals surface area contributed by atoms with E-state index >= 15 is 0 Å². The van der Waals surface area contributed by atoms with Crippen molar-refractivity contribution in [3.8, 4) is 11.1 Å². The summed E-state index contributed by atoms with van der Waals surface area (Å²) in [5.41, 5.74) is 4.89. The van der Waals surface area contributed by atoms with Crippen molar-refractivity contribution >= 4 is 39.0 Å². The van der Waals surface area contributed by atoms with Crippen LogP contribution >= 0.6 is 11.3 Å². The Kier molecular flexibility index (Phi) is 5.27. The molecule has 1 N–H and O–H groups in total. The smallest absolute Gasteiger partial charge is 0.338 e. The van der Waals surface area contributed by atoms with Crippen LogP contribution in [0.15, 0.2) is 54.9 Å². The fourth-order valence-electron chi connectivity index (χ4n) is 3.25. The highest BCUT2D eigenvalue weighted by molar-refractivity contribution is 7.19. The summed E-state index contributed by atoms with van der Waals surface area (Å²) in [5.74, 6) is 0.428. The minimum Gasteiger partial charge on any atom is -0.462 e. The number of fused-ring (bicyclic) bond motifs is 1. The maximum absolute atomic E-state index is 11.9. The molecule has 0 aliphatic heterocycles. The fourth-order valence-corrected chi connectivity index (χ4v) is 4.26. The zero-order valence-electron chi connectivity index (χ0n) is 16.5. The molecule has 4 rings (SSSR count). The third-order valence-corrected chi connectivity index (χ3v) is 5.68. The van der Waals surface area contributed by atoms with Crippen LogP contribution in [0.2, 0.25) is 0 Å². The van der Waals surface area contributed by atoms with Crippen molar-refractivity contribution < 1.29 is 9.53 Å². The van der Waals surface area contributed by atoms with Crippen LogP contribution in [0.1, 0.15) is 27.7 Å². The van der Waals surface area contributed by atoms with Crippen molar-refractivity contribution in [2.75, 3.05) is 11.9 Å². The first-order chi connectivity index (χ1) is 14.1. The third-order valence-electron chi connectivity index (χ3n) is 4.66. The van der Waals surface area contributed by atoms with Crippen LogP contribution in [-0.2, 0) is 4.74 Å². The second-order valence-electron chi connectivity index (χ2n) is 6.72.